The lowest BCUT2D eigenvalue weighted by molar-refractivity contribution is -0.384. The number of halogens is 1. The van der Waals surface area contributed by atoms with Gasteiger partial charge in [0.05, 0.1) is 17.6 Å². The molecular weight excluding hydrogens is 422 g/mol. The highest BCUT2D eigenvalue weighted by atomic mass is 35.5. The third-order valence-corrected chi connectivity index (χ3v) is 4.51. The Hall–Kier alpha value is -3.97. The van der Waals surface area contributed by atoms with Crippen LogP contribution in [-0.4, -0.2) is 23.8 Å². The minimum Gasteiger partial charge on any atom is -0.493 e. The predicted octanol–water partition coefficient (Wildman–Crippen LogP) is 5.37. The van der Waals surface area contributed by atoms with Crippen molar-refractivity contribution in [2.45, 2.75) is 0 Å². The van der Waals surface area contributed by atoms with Gasteiger partial charge in [0, 0.05) is 22.7 Å². The number of non-ortho nitro benzene ring substituents is 1. The maximum Gasteiger partial charge on any atom is 0.343 e. The minimum absolute atomic E-state index is 0.126. The van der Waals surface area contributed by atoms with Crippen molar-refractivity contribution in [2.75, 3.05) is 7.11 Å². The van der Waals surface area contributed by atoms with Crippen molar-refractivity contribution in [1.29, 1.82) is 0 Å². The summed E-state index contributed by atoms with van der Waals surface area (Å²) in [6.45, 7) is 0. The average molecular weight is 438 g/mol. The van der Waals surface area contributed by atoms with Crippen LogP contribution >= 0.6 is 11.6 Å². The number of rotatable bonds is 7. The molecule has 0 aromatic heterocycles. The van der Waals surface area contributed by atoms with Gasteiger partial charge >= 0.3 is 5.97 Å². The Bertz CT molecular complexity index is 1150. The highest BCUT2D eigenvalue weighted by Crippen LogP contribution is 2.29. The van der Waals surface area contributed by atoms with E-state index in [4.69, 9.17) is 21.1 Å². The van der Waals surface area contributed by atoms with Gasteiger partial charge in [0.2, 0.25) is 0 Å². The Morgan fingerprint density at radius 1 is 0.935 bits per heavy atom. The van der Waals surface area contributed by atoms with Gasteiger partial charge in [-0.1, -0.05) is 23.7 Å². The van der Waals surface area contributed by atoms with E-state index in [1.54, 1.807) is 42.5 Å². The number of carbonyl (C=O) groups excluding carboxylic acids is 2. The van der Waals surface area contributed by atoms with Crippen LogP contribution in [0.15, 0.2) is 72.8 Å². The van der Waals surface area contributed by atoms with Crippen molar-refractivity contribution in [3.05, 3.63) is 105 Å². The molecule has 0 saturated heterocycles. The zero-order valence-electron chi connectivity index (χ0n) is 16.3. The Morgan fingerprint density at radius 3 is 2.19 bits per heavy atom. The number of ketones is 1. The summed E-state index contributed by atoms with van der Waals surface area (Å²) in [6, 6.07) is 16.4. The summed E-state index contributed by atoms with van der Waals surface area (Å²) in [4.78, 5) is 34.7. The van der Waals surface area contributed by atoms with Gasteiger partial charge in [0.25, 0.3) is 5.69 Å². The van der Waals surface area contributed by atoms with Crippen molar-refractivity contribution in [1.82, 2.24) is 0 Å². The second-order valence-corrected chi connectivity index (χ2v) is 6.74. The number of hydrogen-bond acceptors (Lipinski definition) is 6. The van der Waals surface area contributed by atoms with Gasteiger partial charge in [-0.05, 0) is 60.2 Å². The molecule has 3 rings (SSSR count). The summed E-state index contributed by atoms with van der Waals surface area (Å²) >= 11 is 5.83. The summed E-state index contributed by atoms with van der Waals surface area (Å²) in [5.74, 6) is -0.415. The fourth-order valence-corrected chi connectivity index (χ4v) is 2.76. The third kappa shape index (κ3) is 5.55. The molecule has 0 atom stereocenters. The van der Waals surface area contributed by atoms with Crippen molar-refractivity contribution in [3.8, 4) is 11.5 Å². The molecule has 0 N–H and O–H groups in total. The maximum atomic E-state index is 12.3. The number of hydrogen-bond donors (Lipinski definition) is 0. The number of carbonyl (C=O) groups is 2. The molecule has 0 bridgehead atoms. The average Bonchev–Trinajstić information content (AvgIpc) is 2.78. The number of allylic oxidation sites excluding steroid dienone is 1. The fourth-order valence-electron chi connectivity index (χ4n) is 2.63. The van der Waals surface area contributed by atoms with Crippen LogP contribution in [0.5, 0.6) is 11.5 Å². The topological polar surface area (TPSA) is 95.7 Å². The minimum atomic E-state index is -0.686. The van der Waals surface area contributed by atoms with Crippen LogP contribution in [-0.2, 0) is 0 Å². The molecule has 0 saturated carbocycles. The number of esters is 1. The van der Waals surface area contributed by atoms with E-state index in [0.717, 1.165) is 0 Å². The molecule has 0 unspecified atom stereocenters. The second-order valence-electron chi connectivity index (χ2n) is 6.31. The van der Waals surface area contributed by atoms with Crippen molar-refractivity contribution in [2.24, 2.45) is 0 Å². The summed E-state index contributed by atoms with van der Waals surface area (Å²) in [5, 5.41) is 11.3. The predicted molar refractivity (Wildman–Crippen MR) is 116 cm³/mol. The van der Waals surface area contributed by atoms with Crippen LogP contribution in [0.1, 0.15) is 26.3 Å². The maximum absolute atomic E-state index is 12.3. The van der Waals surface area contributed by atoms with Gasteiger partial charge in [-0.2, -0.15) is 0 Å². The molecule has 0 aliphatic rings. The summed E-state index contributed by atoms with van der Waals surface area (Å²) < 4.78 is 10.6. The summed E-state index contributed by atoms with van der Waals surface area (Å²) in [5.41, 5.74) is 1.19. The van der Waals surface area contributed by atoms with Crippen LogP contribution in [0.3, 0.4) is 0 Å². The largest absolute Gasteiger partial charge is 0.493 e. The molecule has 0 radical (unpaired) electrons. The van der Waals surface area contributed by atoms with E-state index < -0.39 is 10.9 Å². The van der Waals surface area contributed by atoms with E-state index in [-0.39, 0.29) is 28.5 Å². The number of methoxy groups -OCH3 is 1. The fraction of sp³-hybridized carbons (Fsp3) is 0.0435. The Morgan fingerprint density at radius 2 is 1.58 bits per heavy atom. The summed E-state index contributed by atoms with van der Waals surface area (Å²) in [6.07, 6.45) is 3.03. The molecule has 0 heterocycles. The first kappa shape index (κ1) is 21.7. The number of nitro groups is 1. The van der Waals surface area contributed by atoms with Crippen molar-refractivity contribution < 1.29 is 24.0 Å². The van der Waals surface area contributed by atoms with E-state index in [1.807, 2.05) is 0 Å². The Kier molecular flexibility index (Phi) is 6.79. The monoisotopic (exact) mass is 437 g/mol. The van der Waals surface area contributed by atoms with E-state index in [2.05, 4.69) is 0 Å². The molecule has 156 valence electrons. The summed E-state index contributed by atoms with van der Waals surface area (Å²) in [7, 11) is 1.42. The van der Waals surface area contributed by atoms with Crippen LogP contribution in [0, 0.1) is 10.1 Å². The van der Waals surface area contributed by atoms with Crippen LogP contribution in [0.4, 0.5) is 5.69 Å². The van der Waals surface area contributed by atoms with Gasteiger partial charge in [0.1, 0.15) is 0 Å². The molecule has 0 spiro atoms. The van der Waals surface area contributed by atoms with E-state index >= 15 is 0 Å². The number of benzene rings is 3. The zero-order chi connectivity index (χ0) is 22.4. The molecule has 31 heavy (non-hydrogen) atoms. The lowest BCUT2D eigenvalue weighted by atomic mass is 10.1. The Labute approximate surface area is 182 Å². The molecule has 0 amide bonds. The molecular formula is C23H16ClNO6. The number of nitrogens with zero attached hydrogens (tertiary/aromatic N) is 1. The van der Waals surface area contributed by atoms with Gasteiger partial charge < -0.3 is 9.47 Å². The molecule has 0 fully saturated rings. The molecule has 7 nitrogen and oxygen atoms in total. The smallest absolute Gasteiger partial charge is 0.343 e. The zero-order valence-corrected chi connectivity index (χ0v) is 17.0. The first-order valence-corrected chi connectivity index (χ1v) is 9.38. The van der Waals surface area contributed by atoms with Gasteiger partial charge in [0.15, 0.2) is 17.3 Å². The van der Waals surface area contributed by atoms with Crippen molar-refractivity contribution in [3.63, 3.8) is 0 Å². The molecule has 3 aromatic carbocycles. The van der Waals surface area contributed by atoms with E-state index in [1.165, 1.54) is 43.5 Å². The molecule has 3 aromatic rings. The van der Waals surface area contributed by atoms with Gasteiger partial charge in [-0.3, -0.25) is 14.9 Å². The first-order valence-electron chi connectivity index (χ1n) is 9.00. The normalized spacial score (nSPS) is 10.6. The van der Waals surface area contributed by atoms with E-state index in [0.29, 0.717) is 16.1 Å². The Balaban J connectivity index is 1.73. The first-order chi connectivity index (χ1) is 14.9. The highest BCUT2D eigenvalue weighted by molar-refractivity contribution is 6.30. The highest BCUT2D eigenvalue weighted by Gasteiger charge is 2.14. The molecule has 0 aliphatic heterocycles. The SMILES string of the molecule is COc1cc(C=CC(=O)c2ccc(Cl)cc2)ccc1OC(=O)c1ccc([N+](=O)[O-])cc1. The van der Waals surface area contributed by atoms with Gasteiger partial charge in [-0.25, -0.2) is 4.79 Å². The second kappa shape index (κ2) is 9.69. The number of nitro benzene ring substituents is 1. The lowest BCUT2D eigenvalue weighted by Crippen LogP contribution is -2.09. The standard InChI is InChI=1S/C23H16ClNO6/c1-30-22-14-15(2-12-20(26)16-4-8-18(24)9-5-16)3-13-21(22)31-23(27)17-6-10-19(11-7-17)25(28)29/h2-14H,1H3. The van der Waals surface area contributed by atoms with Crippen LogP contribution < -0.4 is 9.47 Å². The van der Waals surface area contributed by atoms with Gasteiger partial charge in [-0.15, -0.1) is 0 Å². The van der Waals surface area contributed by atoms with Crippen LogP contribution in [0.2, 0.25) is 5.02 Å². The molecule has 0 aliphatic carbocycles. The van der Waals surface area contributed by atoms with E-state index in [9.17, 15) is 19.7 Å². The number of ether oxygens (including phenoxy) is 2. The third-order valence-electron chi connectivity index (χ3n) is 4.26. The van der Waals surface area contributed by atoms with Crippen LogP contribution in [0.25, 0.3) is 6.08 Å². The molecule has 8 heteroatoms. The quantitative estimate of drug-likeness (QED) is 0.123. The lowest BCUT2D eigenvalue weighted by Gasteiger charge is -2.10. The van der Waals surface area contributed by atoms with Crippen molar-refractivity contribution >= 4 is 35.1 Å².